The lowest BCUT2D eigenvalue weighted by molar-refractivity contribution is 0.470. The molecule has 2 heteroatoms. The van der Waals surface area contributed by atoms with Crippen molar-refractivity contribution in [3.8, 4) is 44.8 Å². The summed E-state index contributed by atoms with van der Waals surface area (Å²) < 4.78 is 4.92. The maximum absolute atomic E-state index is 4.07. The number of benzene rings is 7. The van der Waals surface area contributed by atoms with Gasteiger partial charge in [0.05, 0.1) is 11.0 Å². The molecule has 336 valence electrons. The van der Waals surface area contributed by atoms with Gasteiger partial charge in [-0.15, -0.1) is 0 Å². The molecule has 9 aromatic rings. The van der Waals surface area contributed by atoms with Crippen LogP contribution < -0.4 is 0 Å². The Kier molecular flexibility index (Phi) is 11.0. The molecule has 7 aromatic carbocycles. The van der Waals surface area contributed by atoms with Gasteiger partial charge in [-0.1, -0.05) is 178 Å². The van der Waals surface area contributed by atoms with Gasteiger partial charge in [0.2, 0.25) is 0 Å². The molecule has 0 bridgehead atoms. The van der Waals surface area contributed by atoms with Gasteiger partial charge in [-0.2, -0.15) is 0 Å². The molecule has 2 aromatic heterocycles. The van der Waals surface area contributed by atoms with E-state index in [9.17, 15) is 0 Å². The molecule has 3 unspecified atom stereocenters. The van der Waals surface area contributed by atoms with E-state index >= 15 is 0 Å². The second-order valence-corrected chi connectivity index (χ2v) is 19.1. The first-order chi connectivity index (χ1) is 34.5. The number of allylic oxidation sites excluding steroid dienone is 7. The smallest absolute Gasteiger partial charge is 0.0538 e. The lowest BCUT2D eigenvalue weighted by Gasteiger charge is -2.26. The predicted octanol–water partition coefficient (Wildman–Crippen LogP) is 17.7. The molecule has 0 N–H and O–H groups in total. The van der Waals surface area contributed by atoms with Crippen molar-refractivity contribution in [2.45, 2.75) is 25.2 Å². The van der Waals surface area contributed by atoms with Gasteiger partial charge in [-0.05, 0) is 176 Å². The van der Waals surface area contributed by atoms with E-state index < -0.39 is 0 Å². The maximum atomic E-state index is 4.07. The summed E-state index contributed by atoms with van der Waals surface area (Å²) in [6, 6.07) is 58.3. The summed E-state index contributed by atoms with van der Waals surface area (Å²) >= 11 is 0. The summed E-state index contributed by atoms with van der Waals surface area (Å²) in [5.41, 5.74) is 23.2. The number of aromatic nitrogens is 2. The Hall–Kier alpha value is -8.46. The van der Waals surface area contributed by atoms with Crippen LogP contribution in [0.3, 0.4) is 0 Å². The van der Waals surface area contributed by atoms with Crippen LogP contribution in [0.5, 0.6) is 0 Å². The average Bonchev–Trinajstić information content (AvgIpc) is 3.94. The zero-order valence-electron chi connectivity index (χ0n) is 39.4. The van der Waals surface area contributed by atoms with Crippen LogP contribution in [0.1, 0.15) is 57.1 Å². The highest BCUT2D eigenvalue weighted by molar-refractivity contribution is 5.96. The number of fused-ring (bicyclic) bond motifs is 6. The summed E-state index contributed by atoms with van der Waals surface area (Å²) in [5, 5.41) is 2.60. The van der Waals surface area contributed by atoms with E-state index in [0.29, 0.717) is 11.8 Å². The van der Waals surface area contributed by atoms with Crippen molar-refractivity contribution >= 4 is 52.2 Å². The molecular formula is C68H54N2. The van der Waals surface area contributed by atoms with E-state index in [2.05, 4.69) is 236 Å². The van der Waals surface area contributed by atoms with Crippen molar-refractivity contribution in [2.24, 2.45) is 11.8 Å². The number of rotatable bonds is 11. The fourth-order valence-corrected chi connectivity index (χ4v) is 11.4. The first-order valence-electron chi connectivity index (χ1n) is 24.6. The molecule has 12 rings (SSSR count). The Morgan fingerprint density at radius 3 is 1.49 bits per heavy atom. The van der Waals surface area contributed by atoms with Crippen molar-refractivity contribution in [2.75, 3.05) is 0 Å². The van der Waals surface area contributed by atoms with Gasteiger partial charge in [-0.25, -0.2) is 0 Å². The van der Waals surface area contributed by atoms with Gasteiger partial charge in [0.15, 0.2) is 0 Å². The Morgan fingerprint density at radius 1 is 0.429 bits per heavy atom. The topological polar surface area (TPSA) is 9.86 Å². The molecule has 3 aliphatic rings. The molecule has 3 atom stereocenters. The van der Waals surface area contributed by atoms with Crippen LogP contribution in [-0.2, 0) is 12.8 Å². The van der Waals surface area contributed by atoms with Gasteiger partial charge >= 0.3 is 0 Å². The first kappa shape index (κ1) is 42.9. The third-order valence-electron chi connectivity index (χ3n) is 15.1. The van der Waals surface area contributed by atoms with Crippen LogP contribution >= 0.6 is 0 Å². The molecule has 0 saturated heterocycles. The monoisotopic (exact) mass is 898 g/mol. The van der Waals surface area contributed by atoms with E-state index in [1.807, 2.05) is 24.3 Å². The summed E-state index contributed by atoms with van der Waals surface area (Å²) in [6.45, 7) is 16.2. The highest BCUT2D eigenvalue weighted by Crippen LogP contribution is 2.43. The fourth-order valence-electron chi connectivity index (χ4n) is 11.4. The van der Waals surface area contributed by atoms with E-state index in [1.54, 1.807) is 0 Å². The van der Waals surface area contributed by atoms with Gasteiger partial charge in [-0.3, -0.25) is 0 Å². The Labute approximate surface area is 411 Å². The van der Waals surface area contributed by atoms with Crippen LogP contribution in [0.15, 0.2) is 226 Å². The lowest BCUT2D eigenvalue weighted by Crippen LogP contribution is -2.18. The van der Waals surface area contributed by atoms with Crippen molar-refractivity contribution in [3.63, 3.8) is 0 Å². The molecule has 0 saturated carbocycles. The van der Waals surface area contributed by atoms with E-state index in [4.69, 9.17) is 0 Å². The minimum absolute atomic E-state index is 0.271. The molecule has 0 radical (unpaired) electrons. The molecule has 2 nitrogen and oxygen atoms in total. The van der Waals surface area contributed by atoms with Gasteiger partial charge in [0.1, 0.15) is 0 Å². The third-order valence-corrected chi connectivity index (χ3v) is 15.1. The fraction of sp³-hybridized carbons (Fsp3) is 0.0882. The van der Waals surface area contributed by atoms with Gasteiger partial charge < -0.3 is 9.13 Å². The second-order valence-electron chi connectivity index (χ2n) is 19.1. The van der Waals surface area contributed by atoms with E-state index in [1.165, 1.54) is 88.8 Å². The van der Waals surface area contributed by atoms with Crippen LogP contribution in [-0.4, -0.2) is 9.13 Å². The zero-order chi connectivity index (χ0) is 47.3. The summed E-state index contributed by atoms with van der Waals surface area (Å²) in [7, 11) is 0. The van der Waals surface area contributed by atoms with E-state index in [0.717, 1.165) is 47.3 Å². The van der Waals surface area contributed by atoms with Crippen molar-refractivity contribution in [1.29, 1.82) is 0 Å². The van der Waals surface area contributed by atoms with Gasteiger partial charge in [0.25, 0.3) is 0 Å². The highest BCUT2D eigenvalue weighted by atomic mass is 15.0. The number of hydrogen-bond donors (Lipinski definition) is 0. The molecule has 0 fully saturated rings. The molecule has 70 heavy (non-hydrogen) atoms. The molecule has 0 aliphatic heterocycles. The van der Waals surface area contributed by atoms with Gasteiger partial charge in [0, 0.05) is 39.5 Å². The largest absolute Gasteiger partial charge is 0.310 e. The van der Waals surface area contributed by atoms with E-state index in [-0.39, 0.29) is 5.92 Å². The number of nitrogens with zero attached hydrogens (tertiary/aromatic N) is 2. The first-order valence-corrected chi connectivity index (χ1v) is 24.6. The quantitative estimate of drug-likeness (QED) is 0.122. The van der Waals surface area contributed by atoms with Crippen LogP contribution in [0.25, 0.3) is 96.9 Å². The highest BCUT2D eigenvalue weighted by Gasteiger charge is 2.28. The standard InChI is InChI=1S/C68H54N2/c1-5-45-13-9-17-51(37-45)55-25-33-65-61(41-55)62-42-56(52-18-10-14-46(6-2)38-52)26-34-66(62)69(65)59-29-21-49(22-30-59)50-23-31-60(32-24-50)70-67-35-27-57(53-19-11-15-47(7-3)39-53)43-63(67)64-44-58(28-36-68(64)70)54-20-12-16-48(8-4)40-54/h5-19,21-41,43,54,56,58H,1-4,20,42,44H2. The van der Waals surface area contributed by atoms with Crippen LogP contribution in [0.2, 0.25) is 0 Å². The summed E-state index contributed by atoms with van der Waals surface area (Å²) in [6.07, 6.45) is 27.2. The lowest BCUT2D eigenvalue weighted by atomic mass is 9.78. The minimum Gasteiger partial charge on any atom is -0.310 e. The minimum atomic E-state index is 0.271. The van der Waals surface area contributed by atoms with Crippen molar-refractivity contribution < 1.29 is 0 Å². The summed E-state index contributed by atoms with van der Waals surface area (Å²) in [5.74, 6) is 1.12. The average molecular weight is 899 g/mol. The molecule has 0 amide bonds. The molecule has 2 heterocycles. The Balaban J connectivity index is 0.896. The Morgan fingerprint density at radius 2 is 0.929 bits per heavy atom. The molecule has 3 aliphatic carbocycles. The SMILES string of the molecule is C=CC1=CC(C2C=Cc3c(c4cc(-c5cccc(C=C)c5)ccc4n3-c3ccc(-c4ccc(-n5c6c(c7cc(-c8cccc(C=C)c8)ccc75)CC(c5cccc(C=C)c5)C=C6)cc4)cc3)C2)CC=C1. The maximum Gasteiger partial charge on any atom is 0.0538 e. The zero-order valence-corrected chi connectivity index (χ0v) is 39.4. The third kappa shape index (κ3) is 7.63. The predicted molar refractivity (Wildman–Crippen MR) is 300 cm³/mol. The normalized spacial score (nSPS) is 17.0. The van der Waals surface area contributed by atoms with Crippen molar-refractivity contribution in [1.82, 2.24) is 9.13 Å². The molecule has 0 spiro atoms. The second kappa shape index (κ2) is 17.9. The molecular weight excluding hydrogens is 845 g/mol. The van der Waals surface area contributed by atoms with Crippen molar-refractivity contribution in [3.05, 3.63) is 271 Å². The Bertz CT molecular complexity index is 3700. The summed E-state index contributed by atoms with van der Waals surface area (Å²) in [4.78, 5) is 0. The number of hydrogen-bond acceptors (Lipinski definition) is 0. The van der Waals surface area contributed by atoms with Crippen LogP contribution in [0.4, 0.5) is 0 Å². The van der Waals surface area contributed by atoms with Crippen LogP contribution in [0, 0.1) is 11.8 Å².